The number of hydrogen-bond acceptors (Lipinski definition) is 4. The molecule has 2 N–H and O–H groups in total. The van der Waals surface area contributed by atoms with Gasteiger partial charge in [0.1, 0.15) is 0 Å². The van der Waals surface area contributed by atoms with Gasteiger partial charge in [-0.25, -0.2) is 4.98 Å². The molecule has 4 aromatic rings. The smallest absolute Gasteiger partial charge is 0.355 e. The Hall–Kier alpha value is -3.88. The normalized spacial score (nSPS) is 11.5. The lowest BCUT2D eigenvalue weighted by Crippen LogP contribution is -2.17. The number of imidazole rings is 1. The van der Waals surface area contributed by atoms with E-state index in [9.17, 15) is 18.0 Å². The molecule has 0 spiro atoms. The van der Waals surface area contributed by atoms with Crippen LogP contribution in [0.3, 0.4) is 0 Å². The highest BCUT2D eigenvalue weighted by Gasteiger charge is 2.35. The Morgan fingerprint density at radius 3 is 2.58 bits per heavy atom. The van der Waals surface area contributed by atoms with Gasteiger partial charge in [-0.15, -0.1) is 0 Å². The van der Waals surface area contributed by atoms with E-state index in [1.165, 1.54) is 25.5 Å². The fourth-order valence-electron chi connectivity index (χ4n) is 3.36. The van der Waals surface area contributed by atoms with E-state index in [0.29, 0.717) is 33.8 Å². The predicted octanol–water partition coefficient (Wildman–Crippen LogP) is 4.76. The molecule has 1 amide bonds. The number of aryl methyl sites for hydroxylation is 1. The number of fused-ring (bicyclic) bond motifs is 1. The largest absolute Gasteiger partial charge is 0.417 e. The third kappa shape index (κ3) is 3.94. The van der Waals surface area contributed by atoms with Gasteiger partial charge in [0, 0.05) is 43.3 Å². The van der Waals surface area contributed by atoms with Crippen molar-refractivity contribution in [3.05, 3.63) is 72.1 Å². The van der Waals surface area contributed by atoms with Crippen molar-refractivity contribution in [1.82, 2.24) is 19.9 Å². The molecule has 158 valence electrons. The van der Waals surface area contributed by atoms with Gasteiger partial charge in [0.2, 0.25) is 5.95 Å². The number of halogens is 3. The molecule has 6 nitrogen and oxygen atoms in total. The predicted molar refractivity (Wildman–Crippen MR) is 112 cm³/mol. The Morgan fingerprint density at radius 2 is 1.90 bits per heavy atom. The molecule has 2 heterocycles. The topological polar surface area (TPSA) is 71.8 Å². The summed E-state index contributed by atoms with van der Waals surface area (Å²) >= 11 is 0. The van der Waals surface area contributed by atoms with Crippen molar-refractivity contribution in [2.75, 3.05) is 12.4 Å². The lowest BCUT2D eigenvalue weighted by molar-refractivity contribution is -0.137. The first-order valence-corrected chi connectivity index (χ1v) is 9.35. The van der Waals surface area contributed by atoms with Crippen molar-refractivity contribution in [3.8, 4) is 11.1 Å². The number of nitrogens with zero attached hydrogens (tertiary/aromatic N) is 3. The van der Waals surface area contributed by atoms with Crippen molar-refractivity contribution in [3.63, 3.8) is 0 Å². The molecule has 9 heteroatoms. The van der Waals surface area contributed by atoms with E-state index in [4.69, 9.17) is 0 Å². The monoisotopic (exact) mass is 425 g/mol. The van der Waals surface area contributed by atoms with Crippen LogP contribution in [-0.2, 0) is 13.2 Å². The summed E-state index contributed by atoms with van der Waals surface area (Å²) in [7, 11) is 3.16. The average molecular weight is 425 g/mol. The molecule has 4 rings (SSSR count). The van der Waals surface area contributed by atoms with E-state index in [1.54, 1.807) is 48.0 Å². The van der Waals surface area contributed by atoms with E-state index >= 15 is 0 Å². The Labute approximate surface area is 175 Å². The number of amides is 1. The quantitative estimate of drug-likeness (QED) is 0.495. The van der Waals surface area contributed by atoms with Crippen LogP contribution in [0.1, 0.15) is 15.9 Å². The highest BCUT2D eigenvalue weighted by molar-refractivity contribution is 5.95. The second kappa shape index (κ2) is 7.75. The third-order valence-corrected chi connectivity index (χ3v) is 4.91. The summed E-state index contributed by atoms with van der Waals surface area (Å²) < 4.78 is 42.9. The van der Waals surface area contributed by atoms with Crippen LogP contribution in [0, 0.1) is 0 Å². The highest BCUT2D eigenvalue weighted by atomic mass is 19.4. The first kappa shape index (κ1) is 20.4. The maximum absolute atomic E-state index is 13.8. The number of pyridine rings is 1. The van der Waals surface area contributed by atoms with Crippen LogP contribution in [0.4, 0.5) is 24.8 Å². The van der Waals surface area contributed by atoms with Gasteiger partial charge in [0.25, 0.3) is 5.91 Å². The maximum Gasteiger partial charge on any atom is 0.417 e. The molecule has 0 bridgehead atoms. The molecule has 0 unspecified atom stereocenters. The minimum absolute atomic E-state index is 0.0133. The average Bonchev–Trinajstić information content (AvgIpc) is 3.07. The molecule has 0 aliphatic heterocycles. The van der Waals surface area contributed by atoms with Crippen LogP contribution in [0.15, 0.2) is 60.9 Å². The summed E-state index contributed by atoms with van der Waals surface area (Å²) in [5.74, 6) is 0.102. The van der Waals surface area contributed by atoms with Gasteiger partial charge in [-0.2, -0.15) is 13.2 Å². The van der Waals surface area contributed by atoms with Crippen LogP contribution in [0.2, 0.25) is 0 Å². The van der Waals surface area contributed by atoms with Crippen LogP contribution < -0.4 is 10.6 Å². The van der Waals surface area contributed by atoms with Crippen LogP contribution >= 0.6 is 0 Å². The van der Waals surface area contributed by atoms with Gasteiger partial charge >= 0.3 is 6.18 Å². The zero-order valence-electron chi connectivity index (χ0n) is 16.7. The van der Waals surface area contributed by atoms with E-state index < -0.39 is 11.7 Å². The van der Waals surface area contributed by atoms with Gasteiger partial charge in [0.05, 0.1) is 16.6 Å². The molecule has 0 radical (unpaired) electrons. The molecule has 0 saturated carbocycles. The molecule has 0 aliphatic rings. The molecule has 0 atom stereocenters. The second-order valence-corrected chi connectivity index (χ2v) is 6.91. The fraction of sp³-hybridized carbons (Fsp3) is 0.136. The number of anilines is 2. The van der Waals surface area contributed by atoms with Gasteiger partial charge in [-0.1, -0.05) is 12.1 Å². The zero-order chi connectivity index (χ0) is 22.2. The van der Waals surface area contributed by atoms with Gasteiger partial charge in [-0.05, 0) is 42.0 Å². The van der Waals surface area contributed by atoms with Crippen molar-refractivity contribution in [2.24, 2.45) is 7.05 Å². The minimum atomic E-state index is -4.54. The second-order valence-electron chi connectivity index (χ2n) is 6.91. The van der Waals surface area contributed by atoms with Crippen LogP contribution in [0.5, 0.6) is 0 Å². The number of hydrogen-bond donors (Lipinski definition) is 2. The van der Waals surface area contributed by atoms with E-state index in [0.717, 1.165) is 6.07 Å². The van der Waals surface area contributed by atoms with Gasteiger partial charge in [0.15, 0.2) is 0 Å². The molecular weight excluding hydrogens is 407 g/mol. The van der Waals surface area contributed by atoms with Crippen molar-refractivity contribution < 1.29 is 18.0 Å². The third-order valence-electron chi connectivity index (χ3n) is 4.91. The Bertz CT molecular complexity index is 1270. The molecule has 2 aromatic heterocycles. The number of benzene rings is 2. The van der Waals surface area contributed by atoms with Crippen LogP contribution in [-0.4, -0.2) is 27.5 Å². The summed E-state index contributed by atoms with van der Waals surface area (Å²) in [5, 5.41) is 5.62. The van der Waals surface area contributed by atoms with E-state index in [2.05, 4.69) is 20.6 Å². The maximum atomic E-state index is 13.8. The summed E-state index contributed by atoms with van der Waals surface area (Å²) in [6, 6.07) is 12.4. The fourth-order valence-corrected chi connectivity index (χ4v) is 3.36. The van der Waals surface area contributed by atoms with Crippen molar-refractivity contribution in [1.29, 1.82) is 0 Å². The Kier molecular flexibility index (Phi) is 5.10. The molecule has 2 aromatic carbocycles. The lowest BCUT2D eigenvalue weighted by Gasteiger charge is -2.13. The number of nitrogens with one attached hydrogen (secondary N) is 2. The van der Waals surface area contributed by atoms with Crippen molar-refractivity contribution >= 4 is 28.6 Å². The zero-order valence-corrected chi connectivity index (χ0v) is 16.7. The number of aromatic nitrogens is 3. The standard InChI is InChI=1S/C22H18F3N5O/c1-26-20(31)13-5-3-7-15(9-13)28-21-29-18-10-16(14-6-4-8-27-12-14)17(22(23,24)25)11-19(18)30(21)2/h3-12H,1-2H3,(H,26,31)(H,28,29). The van der Waals surface area contributed by atoms with E-state index in [-0.39, 0.29) is 11.5 Å². The lowest BCUT2D eigenvalue weighted by atomic mass is 10.00. The Morgan fingerprint density at radius 1 is 1.10 bits per heavy atom. The number of rotatable bonds is 4. The molecular formula is C22H18F3N5O. The number of carbonyl (C=O) groups is 1. The van der Waals surface area contributed by atoms with Gasteiger partial charge in [-0.3, -0.25) is 9.78 Å². The minimum Gasteiger partial charge on any atom is -0.355 e. The molecule has 0 fully saturated rings. The Balaban J connectivity index is 1.81. The van der Waals surface area contributed by atoms with E-state index in [1.807, 2.05) is 0 Å². The summed E-state index contributed by atoms with van der Waals surface area (Å²) in [6.07, 6.45) is -1.65. The molecule has 0 saturated heterocycles. The SMILES string of the molecule is CNC(=O)c1cccc(Nc2nc3cc(-c4cccnc4)c(C(F)(F)F)cc3n2C)c1. The summed E-state index contributed by atoms with van der Waals surface area (Å²) in [5.41, 5.74) is 1.37. The van der Waals surface area contributed by atoms with Crippen molar-refractivity contribution in [2.45, 2.75) is 6.18 Å². The summed E-state index contributed by atoms with van der Waals surface area (Å²) in [6.45, 7) is 0. The number of alkyl halides is 3. The first-order valence-electron chi connectivity index (χ1n) is 9.35. The molecule has 0 aliphatic carbocycles. The van der Waals surface area contributed by atoms with Gasteiger partial charge < -0.3 is 15.2 Å². The number of carbonyl (C=O) groups excluding carboxylic acids is 1. The van der Waals surface area contributed by atoms with Crippen LogP contribution in [0.25, 0.3) is 22.2 Å². The summed E-state index contributed by atoms with van der Waals surface area (Å²) in [4.78, 5) is 20.3. The first-order chi connectivity index (χ1) is 14.8. The molecule has 31 heavy (non-hydrogen) atoms. The highest BCUT2D eigenvalue weighted by Crippen LogP contribution is 2.39.